The van der Waals surface area contributed by atoms with Gasteiger partial charge in [0.1, 0.15) is 5.75 Å². The molecule has 2 aromatic rings. The predicted molar refractivity (Wildman–Crippen MR) is 92.4 cm³/mol. The molecule has 2 rings (SSSR count). The minimum Gasteiger partial charge on any atom is -0.482 e. The molecule has 0 spiro atoms. The second-order valence-corrected chi connectivity index (χ2v) is 5.08. The molecule has 0 aliphatic rings. The molecule has 6 nitrogen and oxygen atoms in total. The van der Waals surface area contributed by atoms with Crippen LogP contribution in [0.25, 0.3) is 4.85 Å². The fraction of sp³-hybridized carbons (Fsp3) is 0.211. The maximum atomic E-state index is 12.1. The molecule has 0 heterocycles. The van der Waals surface area contributed by atoms with Gasteiger partial charge in [-0.2, -0.15) is 0 Å². The molecule has 0 aliphatic heterocycles. The average molecular weight is 338 g/mol. The third kappa shape index (κ3) is 5.66. The van der Waals surface area contributed by atoms with E-state index in [1.807, 2.05) is 12.1 Å². The first-order valence-corrected chi connectivity index (χ1v) is 7.75. The van der Waals surface area contributed by atoms with E-state index in [0.717, 1.165) is 5.56 Å². The standard InChI is InChI=1S/C19H18N2O4/c1-3-24-18(22)13-25-17-10-4-14(5-11-17)12-21-19(23)15-6-8-16(20-2)9-7-15/h4-11H,3,12-13H2,1H3,(H,21,23). The zero-order chi connectivity index (χ0) is 18.1. The van der Waals surface area contributed by atoms with Crippen molar-refractivity contribution in [2.75, 3.05) is 13.2 Å². The summed E-state index contributed by atoms with van der Waals surface area (Å²) in [6.45, 7) is 9.18. The first kappa shape index (κ1) is 18.0. The van der Waals surface area contributed by atoms with Crippen LogP contribution in [0.2, 0.25) is 0 Å². The van der Waals surface area contributed by atoms with Crippen LogP contribution in [0.4, 0.5) is 5.69 Å². The summed E-state index contributed by atoms with van der Waals surface area (Å²) in [5, 5.41) is 2.81. The fourth-order valence-electron chi connectivity index (χ4n) is 2.02. The van der Waals surface area contributed by atoms with Crippen molar-refractivity contribution in [2.45, 2.75) is 13.5 Å². The molecule has 1 N–H and O–H groups in total. The van der Waals surface area contributed by atoms with Gasteiger partial charge in [-0.1, -0.05) is 36.4 Å². The highest BCUT2D eigenvalue weighted by Crippen LogP contribution is 2.14. The van der Waals surface area contributed by atoms with Crippen molar-refractivity contribution in [3.63, 3.8) is 0 Å². The first-order chi connectivity index (χ1) is 12.1. The number of carbonyl (C=O) groups excluding carboxylic acids is 2. The van der Waals surface area contributed by atoms with E-state index in [-0.39, 0.29) is 12.5 Å². The van der Waals surface area contributed by atoms with E-state index in [0.29, 0.717) is 30.2 Å². The Balaban J connectivity index is 1.83. The molecule has 1 amide bonds. The summed E-state index contributed by atoms with van der Waals surface area (Å²) in [7, 11) is 0. The largest absolute Gasteiger partial charge is 0.482 e. The summed E-state index contributed by atoms with van der Waals surface area (Å²) in [4.78, 5) is 26.6. The Labute approximate surface area is 146 Å². The molecule has 128 valence electrons. The molecule has 0 fully saturated rings. The molecule has 0 aliphatic carbocycles. The third-order valence-electron chi connectivity index (χ3n) is 3.30. The van der Waals surface area contributed by atoms with Gasteiger partial charge in [0.2, 0.25) is 0 Å². The molecule has 0 radical (unpaired) electrons. The van der Waals surface area contributed by atoms with Crippen LogP contribution in [-0.2, 0) is 16.1 Å². The van der Waals surface area contributed by atoms with Gasteiger partial charge in [-0.3, -0.25) is 4.79 Å². The van der Waals surface area contributed by atoms with E-state index in [4.69, 9.17) is 16.0 Å². The highest BCUT2D eigenvalue weighted by atomic mass is 16.6. The minimum absolute atomic E-state index is 0.134. The van der Waals surface area contributed by atoms with Crippen molar-refractivity contribution in [2.24, 2.45) is 0 Å². The topological polar surface area (TPSA) is 69.0 Å². The molecule has 0 bridgehead atoms. The molecule has 0 saturated carbocycles. The van der Waals surface area contributed by atoms with Gasteiger partial charge in [-0.05, 0) is 24.6 Å². The number of nitrogens with zero attached hydrogens (tertiary/aromatic N) is 1. The number of hydrogen-bond donors (Lipinski definition) is 1. The molecule has 0 unspecified atom stereocenters. The van der Waals surface area contributed by atoms with Crippen LogP contribution in [0.5, 0.6) is 5.75 Å². The first-order valence-electron chi connectivity index (χ1n) is 7.75. The van der Waals surface area contributed by atoms with Crippen LogP contribution in [0.15, 0.2) is 48.5 Å². The molecule has 0 aromatic heterocycles. The molecule has 0 atom stereocenters. The van der Waals surface area contributed by atoms with Crippen LogP contribution in [0, 0.1) is 6.57 Å². The number of rotatable bonds is 7. The number of hydrogen-bond acceptors (Lipinski definition) is 4. The normalized spacial score (nSPS) is 9.76. The summed E-state index contributed by atoms with van der Waals surface area (Å²) in [5.74, 6) is -0.0693. The fourth-order valence-corrected chi connectivity index (χ4v) is 2.02. The highest BCUT2D eigenvalue weighted by molar-refractivity contribution is 5.94. The lowest BCUT2D eigenvalue weighted by Gasteiger charge is -2.08. The van der Waals surface area contributed by atoms with Crippen LogP contribution < -0.4 is 10.1 Å². The molecule has 25 heavy (non-hydrogen) atoms. The number of carbonyl (C=O) groups is 2. The molecular formula is C19H18N2O4. The Morgan fingerprint density at radius 2 is 1.76 bits per heavy atom. The van der Waals surface area contributed by atoms with Crippen molar-refractivity contribution in [3.8, 4) is 5.75 Å². The average Bonchev–Trinajstić information content (AvgIpc) is 2.65. The molecule has 6 heteroatoms. The van der Waals surface area contributed by atoms with Gasteiger partial charge in [-0.15, -0.1) is 0 Å². The van der Waals surface area contributed by atoms with Crippen LogP contribution >= 0.6 is 0 Å². The van der Waals surface area contributed by atoms with Gasteiger partial charge in [0.15, 0.2) is 12.3 Å². The Morgan fingerprint density at radius 3 is 2.36 bits per heavy atom. The lowest BCUT2D eigenvalue weighted by atomic mass is 10.1. The second kappa shape index (κ2) is 9.08. The molecular weight excluding hydrogens is 320 g/mol. The van der Waals surface area contributed by atoms with E-state index in [2.05, 4.69) is 10.2 Å². The zero-order valence-electron chi connectivity index (χ0n) is 13.8. The summed E-state index contributed by atoms with van der Waals surface area (Å²) in [6.07, 6.45) is 0. The number of amides is 1. The molecule has 0 saturated heterocycles. The SMILES string of the molecule is [C-]#[N+]c1ccc(C(=O)NCc2ccc(OCC(=O)OCC)cc2)cc1. The van der Waals surface area contributed by atoms with Crippen molar-refractivity contribution in [3.05, 3.63) is 71.1 Å². The summed E-state index contributed by atoms with van der Waals surface area (Å²) in [6, 6.07) is 13.5. The van der Waals surface area contributed by atoms with Crippen LogP contribution in [0.3, 0.4) is 0 Å². The Hall–Kier alpha value is -3.33. The lowest BCUT2D eigenvalue weighted by molar-refractivity contribution is -0.145. The predicted octanol–water partition coefficient (Wildman–Crippen LogP) is 3.11. The maximum Gasteiger partial charge on any atom is 0.344 e. The zero-order valence-corrected chi connectivity index (χ0v) is 13.8. The summed E-state index contributed by atoms with van der Waals surface area (Å²) in [5.41, 5.74) is 1.89. The van der Waals surface area contributed by atoms with Gasteiger partial charge < -0.3 is 14.8 Å². The second-order valence-electron chi connectivity index (χ2n) is 5.08. The van der Waals surface area contributed by atoms with E-state index >= 15 is 0 Å². The van der Waals surface area contributed by atoms with Gasteiger partial charge >= 0.3 is 5.97 Å². The van der Waals surface area contributed by atoms with Crippen molar-refractivity contribution < 1.29 is 19.1 Å². The van der Waals surface area contributed by atoms with Crippen LogP contribution in [-0.4, -0.2) is 25.1 Å². The summed E-state index contributed by atoms with van der Waals surface area (Å²) < 4.78 is 10.1. The van der Waals surface area contributed by atoms with Gasteiger partial charge in [0, 0.05) is 12.1 Å². The number of nitrogens with one attached hydrogen (secondary N) is 1. The van der Waals surface area contributed by atoms with E-state index < -0.39 is 5.97 Å². The van der Waals surface area contributed by atoms with E-state index in [1.165, 1.54) is 0 Å². The molecule has 2 aromatic carbocycles. The Kier molecular flexibility index (Phi) is 6.55. The van der Waals surface area contributed by atoms with Gasteiger partial charge in [0.25, 0.3) is 5.91 Å². The van der Waals surface area contributed by atoms with E-state index in [9.17, 15) is 9.59 Å². The van der Waals surface area contributed by atoms with Crippen molar-refractivity contribution in [1.29, 1.82) is 0 Å². The van der Waals surface area contributed by atoms with Crippen LogP contribution in [0.1, 0.15) is 22.8 Å². The summed E-state index contributed by atoms with van der Waals surface area (Å²) >= 11 is 0. The Morgan fingerprint density at radius 1 is 1.08 bits per heavy atom. The monoisotopic (exact) mass is 338 g/mol. The minimum atomic E-state index is -0.414. The van der Waals surface area contributed by atoms with Crippen molar-refractivity contribution in [1.82, 2.24) is 5.32 Å². The van der Waals surface area contributed by atoms with Gasteiger partial charge in [0.05, 0.1) is 13.2 Å². The van der Waals surface area contributed by atoms with Crippen molar-refractivity contribution >= 4 is 17.6 Å². The third-order valence-corrected chi connectivity index (χ3v) is 3.30. The number of ether oxygens (including phenoxy) is 2. The quantitative estimate of drug-likeness (QED) is 0.622. The lowest BCUT2D eigenvalue weighted by Crippen LogP contribution is -2.22. The maximum absolute atomic E-state index is 12.1. The Bertz CT molecular complexity index is 762. The number of benzene rings is 2. The highest BCUT2D eigenvalue weighted by Gasteiger charge is 2.06. The van der Waals surface area contributed by atoms with Gasteiger partial charge in [-0.25, -0.2) is 9.64 Å². The smallest absolute Gasteiger partial charge is 0.344 e. The number of esters is 1. The van der Waals surface area contributed by atoms with E-state index in [1.54, 1.807) is 43.3 Å².